The lowest BCUT2D eigenvalue weighted by Gasteiger charge is -2.38. The van der Waals surface area contributed by atoms with Crippen LogP contribution in [0.1, 0.15) is 50.9 Å². The third-order valence-electron chi connectivity index (χ3n) is 5.20. The lowest BCUT2D eigenvalue weighted by atomic mass is 9.92. The summed E-state index contributed by atoms with van der Waals surface area (Å²) in [6, 6.07) is 8.33. The summed E-state index contributed by atoms with van der Waals surface area (Å²) in [5, 5.41) is 1.27. The molecule has 0 saturated heterocycles. The first-order valence-electron chi connectivity index (χ1n) is 11.8. The van der Waals surface area contributed by atoms with Crippen molar-refractivity contribution >= 4 is 38.8 Å². The molecule has 1 rings (SSSR count). The Bertz CT molecular complexity index is 868. The molecular formula is C23H39NO9P2S. The number of carbonyl (C=O) groups is 2. The fourth-order valence-corrected chi connectivity index (χ4v) is 9.74. The number of esters is 1. The highest BCUT2D eigenvalue weighted by Crippen LogP contribution is 2.72. The van der Waals surface area contributed by atoms with Crippen molar-refractivity contribution < 1.29 is 41.6 Å². The Balaban J connectivity index is 3.77. The second-order valence-corrected chi connectivity index (χ2v) is 13.4. The van der Waals surface area contributed by atoms with Gasteiger partial charge in [-0.3, -0.25) is 13.9 Å². The average Bonchev–Trinajstić information content (AvgIpc) is 2.86. The van der Waals surface area contributed by atoms with Crippen LogP contribution in [-0.2, 0) is 36.8 Å². The number of nitrogens with one attached hydrogen (secondary N) is 1. The number of hydrogen-bond donors (Lipinski definition) is 1. The first-order chi connectivity index (χ1) is 17.1. The third kappa shape index (κ3) is 8.69. The maximum Gasteiger partial charge on any atom is 0.345 e. The topological polar surface area (TPSA) is 126 Å². The van der Waals surface area contributed by atoms with Crippen LogP contribution in [0.3, 0.4) is 0 Å². The number of benzene rings is 1. The predicted octanol–water partition coefficient (Wildman–Crippen LogP) is 5.33. The van der Waals surface area contributed by atoms with E-state index < -0.39 is 44.4 Å². The van der Waals surface area contributed by atoms with Gasteiger partial charge in [0.05, 0.1) is 33.5 Å². The first kappa shape index (κ1) is 32.8. The summed E-state index contributed by atoms with van der Waals surface area (Å²) in [6.07, 6.45) is 1.51. The van der Waals surface area contributed by atoms with E-state index >= 15 is 0 Å². The molecule has 36 heavy (non-hydrogen) atoms. The Morgan fingerprint density at radius 3 is 1.78 bits per heavy atom. The molecule has 1 aromatic carbocycles. The smallest absolute Gasteiger partial charge is 0.345 e. The number of ether oxygens (including phenoxy) is 1. The fraction of sp³-hybridized carbons (Fsp3) is 0.652. The normalized spacial score (nSPS) is 13.9. The van der Waals surface area contributed by atoms with Crippen LogP contribution >= 0.6 is 27.0 Å². The summed E-state index contributed by atoms with van der Waals surface area (Å²) in [4.78, 5) is 26.6. The zero-order valence-corrected chi connectivity index (χ0v) is 24.5. The van der Waals surface area contributed by atoms with Gasteiger partial charge in [0.2, 0.25) is 0 Å². The quantitative estimate of drug-likeness (QED) is 0.184. The minimum absolute atomic E-state index is 0.0154. The summed E-state index contributed by atoms with van der Waals surface area (Å²) < 4.78 is 55.5. The molecule has 0 bridgehead atoms. The molecule has 0 radical (unpaired) electrons. The van der Waals surface area contributed by atoms with Crippen molar-refractivity contribution in [3.63, 3.8) is 0 Å². The molecule has 10 nitrogen and oxygen atoms in total. The highest BCUT2D eigenvalue weighted by molar-refractivity contribution is 7.98. The molecular weight excluding hydrogens is 528 g/mol. The molecule has 13 heteroatoms. The summed E-state index contributed by atoms with van der Waals surface area (Å²) in [6.45, 7) is 6.41. The van der Waals surface area contributed by atoms with Crippen LogP contribution in [0.15, 0.2) is 30.3 Å². The average molecular weight is 568 g/mol. The Kier molecular flexibility index (Phi) is 14.5. The SMILES string of the molecule is CCOP(=O)(OCC)C(CC(CCSC)(NC(=O)c1ccccc1)C(=O)OC)P(=O)(OCC)OCC. The lowest BCUT2D eigenvalue weighted by Crippen LogP contribution is -2.57. The van der Waals surface area contributed by atoms with E-state index in [1.54, 1.807) is 58.0 Å². The van der Waals surface area contributed by atoms with Gasteiger partial charge in [0.25, 0.3) is 5.91 Å². The molecule has 1 atom stereocenters. The van der Waals surface area contributed by atoms with Crippen molar-refractivity contribution in [3.8, 4) is 0 Å². The zero-order chi connectivity index (χ0) is 27.2. The Morgan fingerprint density at radius 1 is 0.917 bits per heavy atom. The molecule has 0 aliphatic carbocycles. The van der Waals surface area contributed by atoms with Crippen LogP contribution in [0.4, 0.5) is 0 Å². The van der Waals surface area contributed by atoms with Gasteiger partial charge in [-0.2, -0.15) is 11.8 Å². The standard InChI is InChI=1S/C23H39NO9P2S/c1-7-30-34(27,31-8-2)20(35(28,32-9-3)33-10-4)18-23(16-17-36-6,22(26)29-5)24-21(25)19-14-12-11-13-15-19/h11-15,20H,7-10,16-18H2,1-6H3,(H,24,25). The fourth-order valence-electron chi connectivity index (χ4n) is 3.65. The molecule has 0 fully saturated rings. The van der Waals surface area contributed by atoms with Crippen molar-refractivity contribution in [3.05, 3.63) is 35.9 Å². The minimum atomic E-state index is -4.18. The van der Waals surface area contributed by atoms with E-state index in [9.17, 15) is 18.7 Å². The lowest BCUT2D eigenvalue weighted by molar-refractivity contribution is -0.148. The Labute approximate surface area is 218 Å². The van der Waals surface area contributed by atoms with Gasteiger partial charge in [0.15, 0.2) is 5.40 Å². The van der Waals surface area contributed by atoms with Crippen molar-refractivity contribution in [2.75, 3.05) is 45.5 Å². The van der Waals surface area contributed by atoms with Crippen LogP contribution in [0.2, 0.25) is 0 Å². The van der Waals surface area contributed by atoms with Crippen LogP contribution in [0.25, 0.3) is 0 Å². The van der Waals surface area contributed by atoms with Crippen LogP contribution in [-0.4, -0.2) is 68.4 Å². The maximum absolute atomic E-state index is 14.1. The van der Waals surface area contributed by atoms with E-state index in [0.717, 1.165) is 0 Å². The number of carbonyl (C=O) groups excluding carboxylic acids is 2. The van der Waals surface area contributed by atoms with Crippen molar-refractivity contribution in [2.24, 2.45) is 0 Å². The first-order valence-corrected chi connectivity index (χ1v) is 16.5. The summed E-state index contributed by atoms with van der Waals surface area (Å²) >= 11 is 1.44. The molecule has 1 unspecified atom stereocenters. The molecule has 1 N–H and O–H groups in total. The van der Waals surface area contributed by atoms with E-state index in [2.05, 4.69) is 5.32 Å². The van der Waals surface area contributed by atoms with Gasteiger partial charge in [-0.05, 0) is 58.3 Å². The summed E-state index contributed by atoms with van der Waals surface area (Å²) in [7, 11) is -7.18. The number of methoxy groups -OCH3 is 1. The van der Waals surface area contributed by atoms with Crippen molar-refractivity contribution in [1.82, 2.24) is 5.32 Å². The molecule has 1 amide bonds. The number of amides is 1. The van der Waals surface area contributed by atoms with Crippen molar-refractivity contribution in [1.29, 1.82) is 0 Å². The van der Waals surface area contributed by atoms with E-state index in [4.69, 9.17) is 22.8 Å². The van der Waals surface area contributed by atoms with Crippen LogP contribution < -0.4 is 5.32 Å². The number of thioether (sulfide) groups is 1. The second kappa shape index (κ2) is 15.9. The molecule has 0 aromatic heterocycles. The van der Waals surface area contributed by atoms with E-state index in [1.165, 1.54) is 18.9 Å². The van der Waals surface area contributed by atoms with Crippen LogP contribution in [0, 0.1) is 0 Å². The van der Waals surface area contributed by atoms with Gasteiger partial charge in [-0.25, -0.2) is 4.79 Å². The molecule has 206 valence electrons. The van der Waals surface area contributed by atoms with Gasteiger partial charge in [-0.15, -0.1) is 0 Å². The van der Waals surface area contributed by atoms with E-state index in [-0.39, 0.29) is 32.8 Å². The van der Waals surface area contributed by atoms with Gasteiger partial charge >= 0.3 is 21.2 Å². The minimum Gasteiger partial charge on any atom is -0.467 e. The highest BCUT2D eigenvalue weighted by atomic mass is 32.2. The molecule has 1 aromatic rings. The monoisotopic (exact) mass is 567 g/mol. The summed E-state index contributed by atoms with van der Waals surface area (Å²) in [5.41, 5.74) is -1.43. The van der Waals surface area contributed by atoms with E-state index in [1.807, 2.05) is 6.26 Å². The van der Waals surface area contributed by atoms with Crippen molar-refractivity contribution in [2.45, 2.75) is 51.5 Å². The zero-order valence-electron chi connectivity index (χ0n) is 21.9. The van der Waals surface area contributed by atoms with E-state index in [0.29, 0.717) is 11.3 Å². The second-order valence-electron chi connectivity index (χ2n) is 7.57. The highest BCUT2D eigenvalue weighted by Gasteiger charge is 2.57. The molecule has 0 spiro atoms. The Hall–Kier alpha value is -1.19. The number of rotatable bonds is 18. The van der Waals surface area contributed by atoms with Gasteiger partial charge in [0, 0.05) is 12.0 Å². The molecule has 0 heterocycles. The largest absolute Gasteiger partial charge is 0.467 e. The summed E-state index contributed by atoms with van der Waals surface area (Å²) in [5.74, 6) is -0.908. The van der Waals surface area contributed by atoms with Gasteiger partial charge in [-0.1, -0.05) is 18.2 Å². The Morgan fingerprint density at radius 2 is 1.39 bits per heavy atom. The number of hydrogen-bond acceptors (Lipinski definition) is 10. The maximum atomic E-state index is 14.1. The molecule has 0 saturated carbocycles. The molecule has 0 aliphatic rings. The van der Waals surface area contributed by atoms with Gasteiger partial charge < -0.3 is 28.1 Å². The third-order valence-corrected chi connectivity index (χ3v) is 11.8. The van der Waals surface area contributed by atoms with Crippen LogP contribution in [0.5, 0.6) is 0 Å². The van der Waals surface area contributed by atoms with Gasteiger partial charge in [0.1, 0.15) is 5.54 Å². The molecule has 0 aliphatic heterocycles. The predicted molar refractivity (Wildman–Crippen MR) is 142 cm³/mol.